The molecule has 0 aromatic heterocycles. The molecule has 0 heterocycles. The lowest BCUT2D eigenvalue weighted by molar-refractivity contribution is 0.107. The van der Waals surface area contributed by atoms with Crippen molar-refractivity contribution in [3.8, 4) is 0 Å². The van der Waals surface area contributed by atoms with E-state index in [0.29, 0.717) is 18.7 Å². The Balaban J connectivity index is 1.93. The monoisotopic (exact) mass is 320 g/mol. The molecule has 0 aliphatic carbocycles. The average molecular weight is 321 g/mol. The maximum atomic E-state index is 9.10. The Bertz CT molecular complexity index is 546. The van der Waals surface area contributed by atoms with E-state index in [1.165, 1.54) is 0 Å². The van der Waals surface area contributed by atoms with Gasteiger partial charge in [-0.2, -0.15) is 0 Å². The summed E-state index contributed by atoms with van der Waals surface area (Å²) in [5.41, 5.74) is 2.47. The van der Waals surface area contributed by atoms with Gasteiger partial charge in [0.1, 0.15) is 0 Å². The number of hydrogen-bond acceptors (Lipinski definition) is 3. The van der Waals surface area contributed by atoms with Gasteiger partial charge in [0, 0.05) is 4.47 Å². The topological polar surface area (TPSA) is 49.7 Å². The normalized spacial score (nSPS) is 10.5. The largest absolute Gasteiger partial charge is 0.488 e. The van der Waals surface area contributed by atoms with Crippen molar-refractivity contribution < 1.29 is 14.8 Å². The lowest BCUT2D eigenvalue weighted by atomic mass is 9.80. The molecule has 0 amide bonds. The first-order chi connectivity index (χ1) is 9.16. The van der Waals surface area contributed by atoms with E-state index in [1.54, 1.807) is 18.2 Å². The highest BCUT2D eigenvalue weighted by molar-refractivity contribution is 9.10. The zero-order valence-electron chi connectivity index (χ0n) is 10.3. The van der Waals surface area contributed by atoms with Gasteiger partial charge < -0.3 is 14.8 Å². The second kappa shape index (κ2) is 6.87. The van der Waals surface area contributed by atoms with Gasteiger partial charge in [-0.15, -0.1) is 0 Å². The molecule has 0 atom stereocenters. The lowest BCUT2D eigenvalue weighted by Crippen LogP contribution is -2.29. The SMILES string of the molecule is OB(O)c1cccc(COCc2ccccc2Br)c1. The summed E-state index contributed by atoms with van der Waals surface area (Å²) in [5, 5.41) is 18.2. The van der Waals surface area contributed by atoms with Crippen molar-refractivity contribution in [1.29, 1.82) is 0 Å². The molecule has 0 saturated heterocycles. The molecule has 0 fully saturated rings. The van der Waals surface area contributed by atoms with E-state index in [1.807, 2.05) is 30.3 Å². The predicted octanol–water partition coefficient (Wildman–Crippen LogP) is 1.85. The summed E-state index contributed by atoms with van der Waals surface area (Å²) in [6.45, 7) is 0.940. The van der Waals surface area contributed by atoms with Crippen molar-refractivity contribution >= 4 is 28.5 Å². The van der Waals surface area contributed by atoms with Crippen LogP contribution in [0.1, 0.15) is 11.1 Å². The standard InChI is InChI=1S/C14H14BBrO3/c16-14-7-2-1-5-12(14)10-19-9-11-4-3-6-13(8-11)15(17)18/h1-8,17-18H,9-10H2. The van der Waals surface area contributed by atoms with Crippen LogP contribution in [-0.4, -0.2) is 17.2 Å². The van der Waals surface area contributed by atoms with E-state index < -0.39 is 7.12 Å². The van der Waals surface area contributed by atoms with Crippen LogP contribution in [0.4, 0.5) is 0 Å². The fraction of sp³-hybridized carbons (Fsp3) is 0.143. The molecular weight excluding hydrogens is 307 g/mol. The van der Waals surface area contributed by atoms with E-state index in [9.17, 15) is 0 Å². The lowest BCUT2D eigenvalue weighted by Gasteiger charge is -2.07. The van der Waals surface area contributed by atoms with Gasteiger partial charge in [-0.05, 0) is 22.7 Å². The molecule has 2 rings (SSSR count). The Morgan fingerprint density at radius 1 is 1.00 bits per heavy atom. The molecule has 0 aliphatic rings. The molecule has 2 aromatic carbocycles. The first-order valence-corrected chi connectivity index (χ1v) is 6.72. The summed E-state index contributed by atoms with van der Waals surface area (Å²) in [5.74, 6) is 0. The fourth-order valence-corrected chi connectivity index (χ4v) is 2.14. The third kappa shape index (κ3) is 4.18. The molecule has 5 heteroatoms. The van der Waals surface area contributed by atoms with Crippen LogP contribution in [0.5, 0.6) is 0 Å². The summed E-state index contributed by atoms with van der Waals surface area (Å²) in [4.78, 5) is 0. The maximum absolute atomic E-state index is 9.10. The van der Waals surface area contributed by atoms with Gasteiger partial charge in [0.25, 0.3) is 0 Å². The van der Waals surface area contributed by atoms with E-state index in [2.05, 4.69) is 15.9 Å². The molecular formula is C14H14BBrO3. The van der Waals surface area contributed by atoms with E-state index >= 15 is 0 Å². The first-order valence-electron chi connectivity index (χ1n) is 5.93. The molecule has 0 saturated carbocycles. The van der Waals surface area contributed by atoms with Gasteiger partial charge in [0.15, 0.2) is 0 Å². The van der Waals surface area contributed by atoms with Gasteiger partial charge in [-0.3, -0.25) is 0 Å². The van der Waals surface area contributed by atoms with Gasteiger partial charge in [0.2, 0.25) is 0 Å². The van der Waals surface area contributed by atoms with Crippen molar-refractivity contribution in [3.05, 3.63) is 64.1 Å². The molecule has 0 bridgehead atoms. The number of halogens is 1. The minimum absolute atomic E-state index is 0.432. The van der Waals surface area contributed by atoms with Crippen molar-refractivity contribution in [2.45, 2.75) is 13.2 Å². The molecule has 2 N–H and O–H groups in total. The van der Waals surface area contributed by atoms with Gasteiger partial charge in [0.05, 0.1) is 13.2 Å². The Morgan fingerprint density at radius 2 is 1.79 bits per heavy atom. The second-order valence-electron chi connectivity index (χ2n) is 4.20. The second-order valence-corrected chi connectivity index (χ2v) is 5.06. The number of ether oxygens (including phenoxy) is 1. The highest BCUT2D eigenvalue weighted by atomic mass is 79.9. The van der Waals surface area contributed by atoms with Gasteiger partial charge >= 0.3 is 7.12 Å². The fourth-order valence-electron chi connectivity index (χ4n) is 1.74. The van der Waals surface area contributed by atoms with Crippen LogP contribution in [-0.2, 0) is 18.0 Å². The molecule has 0 radical (unpaired) electrons. The number of benzene rings is 2. The van der Waals surface area contributed by atoms with Crippen LogP contribution in [0.3, 0.4) is 0 Å². The third-order valence-electron chi connectivity index (χ3n) is 2.73. The number of hydrogen-bond donors (Lipinski definition) is 2. The highest BCUT2D eigenvalue weighted by Gasteiger charge is 2.10. The van der Waals surface area contributed by atoms with Crippen LogP contribution in [0.25, 0.3) is 0 Å². The zero-order valence-corrected chi connectivity index (χ0v) is 11.9. The molecule has 2 aromatic rings. The molecule has 0 unspecified atom stereocenters. The third-order valence-corrected chi connectivity index (χ3v) is 3.51. The van der Waals surface area contributed by atoms with Gasteiger partial charge in [-0.25, -0.2) is 0 Å². The van der Waals surface area contributed by atoms with Crippen LogP contribution in [0.2, 0.25) is 0 Å². The average Bonchev–Trinajstić information content (AvgIpc) is 2.41. The molecule has 19 heavy (non-hydrogen) atoms. The molecule has 98 valence electrons. The summed E-state index contributed by atoms with van der Waals surface area (Å²) in [6, 6.07) is 15.0. The minimum atomic E-state index is -1.44. The van der Waals surface area contributed by atoms with E-state index in [0.717, 1.165) is 15.6 Å². The molecule has 3 nitrogen and oxygen atoms in total. The van der Waals surface area contributed by atoms with E-state index in [-0.39, 0.29) is 0 Å². The summed E-state index contributed by atoms with van der Waals surface area (Å²) in [6.07, 6.45) is 0. The summed E-state index contributed by atoms with van der Waals surface area (Å²) < 4.78 is 6.65. The summed E-state index contributed by atoms with van der Waals surface area (Å²) >= 11 is 3.47. The Kier molecular flexibility index (Phi) is 5.16. The predicted molar refractivity (Wildman–Crippen MR) is 78.9 cm³/mol. The quantitative estimate of drug-likeness (QED) is 0.827. The zero-order chi connectivity index (χ0) is 13.7. The van der Waals surface area contributed by atoms with Crippen molar-refractivity contribution in [2.75, 3.05) is 0 Å². The van der Waals surface area contributed by atoms with Crippen LogP contribution >= 0.6 is 15.9 Å². The molecule has 0 aliphatic heterocycles. The first kappa shape index (κ1) is 14.3. The molecule has 0 spiro atoms. The van der Waals surface area contributed by atoms with Crippen molar-refractivity contribution in [1.82, 2.24) is 0 Å². The van der Waals surface area contributed by atoms with E-state index in [4.69, 9.17) is 14.8 Å². The highest BCUT2D eigenvalue weighted by Crippen LogP contribution is 2.17. The van der Waals surface area contributed by atoms with Crippen LogP contribution in [0.15, 0.2) is 53.0 Å². The Hall–Kier alpha value is -1.14. The van der Waals surface area contributed by atoms with Crippen LogP contribution < -0.4 is 5.46 Å². The Labute approximate surface area is 121 Å². The summed E-state index contributed by atoms with van der Waals surface area (Å²) in [7, 11) is -1.44. The van der Waals surface area contributed by atoms with Gasteiger partial charge in [-0.1, -0.05) is 58.4 Å². The van der Waals surface area contributed by atoms with Crippen molar-refractivity contribution in [3.63, 3.8) is 0 Å². The van der Waals surface area contributed by atoms with Crippen molar-refractivity contribution in [2.24, 2.45) is 0 Å². The number of rotatable bonds is 5. The smallest absolute Gasteiger partial charge is 0.423 e. The maximum Gasteiger partial charge on any atom is 0.488 e. The Morgan fingerprint density at radius 3 is 2.53 bits per heavy atom. The van der Waals surface area contributed by atoms with Crippen LogP contribution in [0, 0.1) is 0 Å². The minimum Gasteiger partial charge on any atom is -0.423 e.